The summed E-state index contributed by atoms with van der Waals surface area (Å²) in [4.78, 5) is 11.5. The molecule has 2 atom stereocenters. The molecule has 194 valence electrons. The topological polar surface area (TPSA) is 107 Å². The number of phenols is 2. The first-order chi connectivity index (χ1) is 16.4. The molecule has 0 aliphatic carbocycles. The van der Waals surface area contributed by atoms with E-state index in [2.05, 4.69) is 17.7 Å². The highest BCUT2D eigenvalue weighted by atomic mass is 16.5. The van der Waals surface area contributed by atoms with Crippen LogP contribution in [0.1, 0.15) is 71.4 Å². The molecule has 0 aliphatic rings. The monoisotopic (exact) mass is 486 g/mol. The average Bonchev–Trinajstić information content (AvgIpc) is 2.78. The fourth-order valence-electron chi connectivity index (χ4n) is 3.64. The molecule has 0 heterocycles. The molecule has 0 aliphatic heterocycles. The standard InChI is InChI=1S/C29H42O6/c1-19(2)15-26(31)28(33)22(5)12-8-11-20(3)9-7-10-21(4)13-14-23-16-25(30)17-24(29(23)34)18-27(32)35-6/h9,12-13,15-17,26,28,30-31,33-34H,7-8,10-11,14,18H2,1-6H3/b20-9+,21-13-,22-12+. The lowest BCUT2D eigenvalue weighted by Gasteiger charge is -2.16. The average molecular weight is 487 g/mol. The van der Waals surface area contributed by atoms with E-state index < -0.39 is 18.2 Å². The maximum absolute atomic E-state index is 11.5. The summed E-state index contributed by atoms with van der Waals surface area (Å²) in [5, 5.41) is 40.6. The Hall–Kier alpha value is -2.83. The number of allylic oxidation sites excluding steroid dienone is 6. The van der Waals surface area contributed by atoms with Crippen molar-refractivity contribution < 1.29 is 30.0 Å². The molecule has 0 saturated carbocycles. The number of carbonyl (C=O) groups is 1. The number of aliphatic hydroxyl groups excluding tert-OH is 2. The van der Waals surface area contributed by atoms with Crippen molar-refractivity contribution in [2.45, 2.75) is 85.4 Å². The minimum atomic E-state index is -0.885. The first kappa shape index (κ1) is 30.2. The summed E-state index contributed by atoms with van der Waals surface area (Å²) in [7, 11) is 1.28. The van der Waals surface area contributed by atoms with Gasteiger partial charge in [0.1, 0.15) is 23.7 Å². The van der Waals surface area contributed by atoms with Crippen LogP contribution in [0.5, 0.6) is 11.5 Å². The Bertz CT molecular complexity index is 964. The number of rotatable bonds is 13. The first-order valence-electron chi connectivity index (χ1n) is 12.0. The Morgan fingerprint density at radius 1 is 0.914 bits per heavy atom. The van der Waals surface area contributed by atoms with Crippen molar-refractivity contribution >= 4 is 5.97 Å². The Morgan fingerprint density at radius 2 is 1.49 bits per heavy atom. The molecular weight excluding hydrogens is 444 g/mol. The minimum absolute atomic E-state index is 0.00423. The Morgan fingerprint density at radius 3 is 2.09 bits per heavy atom. The molecule has 2 unspecified atom stereocenters. The number of aliphatic hydroxyl groups is 2. The van der Waals surface area contributed by atoms with E-state index >= 15 is 0 Å². The molecular formula is C29H42O6. The fourth-order valence-corrected chi connectivity index (χ4v) is 3.64. The summed E-state index contributed by atoms with van der Waals surface area (Å²) in [6, 6.07) is 2.89. The van der Waals surface area contributed by atoms with Crippen molar-refractivity contribution in [2.24, 2.45) is 0 Å². The maximum Gasteiger partial charge on any atom is 0.310 e. The second-order valence-corrected chi connectivity index (χ2v) is 9.38. The van der Waals surface area contributed by atoms with Gasteiger partial charge in [-0.2, -0.15) is 0 Å². The van der Waals surface area contributed by atoms with Gasteiger partial charge >= 0.3 is 5.97 Å². The van der Waals surface area contributed by atoms with Crippen LogP contribution in [0.3, 0.4) is 0 Å². The molecule has 4 N–H and O–H groups in total. The van der Waals surface area contributed by atoms with Gasteiger partial charge in [-0.05, 0) is 84.4 Å². The number of carbonyl (C=O) groups excluding carboxylic acids is 1. The van der Waals surface area contributed by atoms with Crippen LogP contribution >= 0.6 is 0 Å². The highest BCUT2D eigenvalue weighted by Gasteiger charge is 2.15. The summed E-state index contributed by atoms with van der Waals surface area (Å²) < 4.78 is 4.64. The molecule has 0 aromatic heterocycles. The summed E-state index contributed by atoms with van der Waals surface area (Å²) in [5.74, 6) is -0.465. The van der Waals surface area contributed by atoms with Gasteiger partial charge in [-0.3, -0.25) is 4.79 Å². The van der Waals surface area contributed by atoms with Gasteiger partial charge in [-0.1, -0.05) is 41.0 Å². The molecule has 0 saturated heterocycles. The van der Waals surface area contributed by atoms with E-state index in [1.165, 1.54) is 30.4 Å². The predicted octanol–water partition coefficient (Wildman–Crippen LogP) is 5.44. The van der Waals surface area contributed by atoms with Crippen LogP contribution in [0.15, 0.2) is 58.7 Å². The third-order valence-corrected chi connectivity index (χ3v) is 5.82. The van der Waals surface area contributed by atoms with Gasteiger partial charge in [0.2, 0.25) is 0 Å². The number of phenolic OH excluding ortho intramolecular Hbond substituents is 2. The largest absolute Gasteiger partial charge is 0.508 e. The van der Waals surface area contributed by atoms with Gasteiger partial charge < -0.3 is 25.2 Å². The molecule has 1 aromatic carbocycles. The van der Waals surface area contributed by atoms with Gasteiger partial charge in [-0.15, -0.1) is 0 Å². The van der Waals surface area contributed by atoms with Gasteiger partial charge in [0.25, 0.3) is 0 Å². The van der Waals surface area contributed by atoms with Crippen LogP contribution in [0.2, 0.25) is 0 Å². The molecule has 0 spiro atoms. The highest BCUT2D eigenvalue weighted by Crippen LogP contribution is 2.29. The van der Waals surface area contributed by atoms with Crippen molar-refractivity contribution in [3.05, 3.63) is 69.9 Å². The predicted molar refractivity (Wildman–Crippen MR) is 140 cm³/mol. The number of benzene rings is 1. The van der Waals surface area contributed by atoms with E-state index in [0.29, 0.717) is 17.5 Å². The third-order valence-electron chi connectivity index (χ3n) is 5.82. The number of hydrogen-bond acceptors (Lipinski definition) is 6. The molecule has 0 radical (unpaired) electrons. The van der Waals surface area contributed by atoms with Gasteiger partial charge in [-0.25, -0.2) is 0 Å². The van der Waals surface area contributed by atoms with Crippen LogP contribution < -0.4 is 0 Å². The van der Waals surface area contributed by atoms with Crippen LogP contribution in [-0.4, -0.2) is 45.7 Å². The van der Waals surface area contributed by atoms with Crippen LogP contribution in [0.25, 0.3) is 0 Å². The Balaban J connectivity index is 2.59. The number of methoxy groups -OCH3 is 1. The normalized spacial score (nSPS) is 14.5. The molecule has 6 nitrogen and oxygen atoms in total. The van der Waals surface area contributed by atoms with Crippen molar-refractivity contribution in [3.8, 4) is 11.5 Å². The molecule has 1 aromatic rings. The fraction of sp³-hybridized carbons (Fsp3) is 0.483. The smallest absolute Gasteiger partial charge is 0.310 e. The molecule has 1 rings (SSSR count). The number of aromatic hydroxyl groups is 2. The van der Waals surface area contributed by atoms with E-state index in [0.717, 1.165) is 36.8 Å². The molecule has 0 fully saturated rings. The van der Waals surface area contributed by atoms with Crippen LogP contribution in [-0.2, 0) is 22.4 Å². The number of ether oxygens (including phenoxy) is 1. The van der Waals surface area contributed by atoms with Crippen molar-refractivity contribution in [2.75, 3.05) is 7.11 Å². The zero-order valence-corrected chi connectivity index (χ0v) is 22.0. The van der Waals surface area contributed by atoms with E-state index in [9.17, 15) is 25.2 Å². The Labute approximate surface area is 210 Å². The minimum Gasteiger partial charge on any atom is -0.508 e. The van der Waals surface area contributed by atoms with Crippen LogP contribution in [0, 0.1) is 0 Å². The third kappa shape index (κ3) is 11.4. The molecule has 35 heavy (non-hydrogen) atoms. The summed E-state index contributed by atoms with van der Waals surface area (Å²) in [6.07, 6.45) is 9.88. The Kier molecular flexibility index (Phi) is 13.1. The number of esters is 1. The molecule has 6 heteroatoms. The summed E-state index contributed by atoms with van der Waals surface area (Å²) in [5.41, 5.74) is 5.08. The summed E-state index contributed by atoms with van der Waals surface area (Å²) in [6.45, 7) is 9.73. The molecule has 0 bridgehead atoms. The lowest BCUT2D eigenvalue weighted by Crippen LogP contribution is -2.25. The van der Waals surface area contributed by atoms with E-state index in [4.69, 9.17) is 0 Å². The van der Waals surface area contributed by atoms with Gasteiger partial charge in [0.15, 0.2) is 0 Å². The van der Waals surface area contributed by atoms with Gasteiger partial charge in [0, 0.05) is 11.1 Å². The van der Waals surface area contributed by atoms with E-state index in [-0.39, 0.29) is 17.9 Å². The van der Waals surface area contributed by atoms with Crippen molar-refractivity contribution in [3.63, 3.8) is 0 Å². The van der Waals surface area contributed by atoms with Gasteiger partial charge in [0.05, 0.1) is 13.5 Å². The maximum atomic E-state index is 11.5. The second kappa shape index (κ2) is 15.2. The van der Waals surface area contributed by atoms with Crippen molar-refractivity contribution in [1.82, 2.24) is 0 Å². The SMILES string of the molecule is COC(=O)Cc1cc(O)cc(C/C=C(/C)CC/C=C(\C)CC/C=C(\C)C(O)C(O)C=C(C)C)c1O. The lowest BCUT2D eigenvalue weighted by atomic mass is 10.0. The lowest BCUT2D eigenvalue weighted by molar-refractivity contribution is -0.139. The summed E-state index contributed by atoms with van der Waals surface area (Å²) >= 11 is 0. The van der Waals surface area contributed by atoms with E-state index in [1.807, 2.05) is 39.8 Å². The molecule has 0 amide bonds. The number of hydrogen-bond donors (Lipinski definition) is 4. The van der Waals surface area contributed by atoms with Crippen molar-refractivity contribution in [1.29, 1.82) is 0 Å². The quantitative estimate of drug-likeness (QED) is 0.168. The first-order valence-corrected chi connectivity index (χ1v) is 12.0. The second-order valence-electron chi connectivity index (χ2n) is 9.38. The zero-order valence-electron chi connectivity index (χ0n) is 22.0. The van der Waals surface area contributed by atoms with Crippen LogP contribution in [0.4, 0.5) is 0 Å². The highest BCUT2D eigenvalue weighted by molar-refractivity contribution is 5.74. The van der Waals surface area contributed by atoms with E-state index in [1.54, 1.807) is 6.08 Å². The zero-order chi connectivity index (χ0) is 26.5.